The molecule has 0 amide bonds. The Morgan fingerprint density at radius 2 is 2.05 bits per heavy atom. The van der Waals surface area contributed by atoms with E-state index in [-0.39, 0.29) is 11.9 Å². The molecule has 1 fully saturated rings. The fourth-order valence-electron chi connectivity index (χ4n) is 2.68. The number of ether oxygens (including phenoxy) is 1. The third-order valence-corrected chi connectivity index (χ3v) is 3.93. The highest BCUT2D eigenvalue weighted by atomic mass is 19.1. The van der Waals surface area contributed by atoms with Crippen molar-refractivity contribution in [3.63, 3.8) is 0 Å². The van der Waals surface area contributed by atoms with Crippen molar-refractivity contribution in [1.82, 2.24) is 0 Å². The summed E-state index contributed by atoms with van der Waals surface area (Å²) in [5.41, 5.74) is 6.10. The molecule has 0 heterocycles. The predicted octanol–water partition coefficient (Wildman–Crippen LogP) is 3.48. The van der Waals surface area contributed by atoms with Gasteiger partial charge < -0.3 is 10.5 Å². The molecule has 0 atom stereocenters. The first-order valence-electron chi connectivity index (χ1n) is 7.38. The second kappa shape index (κ2) is 7.31. The summed E-state index contributed by atoms with van der Waals surface area (Å²) in [5.74, 6) is 6.81. The van der Waals surface area contributed by atoms with Gasteiger partial charge >= 0.3 is 0 Å². The maximum atomic E-state index is 13.4. The minimum absolute atomic E-state index is 0.179. The Morgan fingerprint density at radius 3 is 2.70 bits per heavy atom. The molecule has 0 spiro atoms. The normalized spacial score (nSPS) is 21.9. The molecule has 1 saturated carbocycles. The minimum Gasteiger partial charge on any atom is -0.489 e. The van der Waals surface area contributed by atoms with Crippen LogP contribution in [0.25, 0.3) is 0 Å². The molecule has 2 N–H and O–H groups in total. The minimum atomic E-state index is -0.291. The largest absolute Gasteiger partial charge is 0.489 e. The molecule has 1 aliphatic rings. The Hall–Kier alpha value is -1.53. The molecule has 0 radical (unpaired) electrons. The van der Waals surface area contributed by atoms with Crippen LogP contribution in [0.3, 0.4) is 0 Å². The van der Waals surface area contributed by atoms with E-state index in [0.29, 0.717) is 12.3 Å². The molecule has 1 aromatic rings. The summed E-state index contributed by atoms with van der Waals surface area (Å²) in [5, 5.41) is 0. The summed E-state index contributed by atoms with van der Waals surface area (Å²) >= 11 is 0. The highest BCUT2D eigenvalue weighted by molar-refractivity contribution is 5.46. The summed E-state index contributed by atoms with van der Waals surface area (Å²) in [6, 6.07) is 4.48. The average Bonchev–Trinajstić information content (AvgIpc) is 2.47. The van der Waals surface area contributed by atoms with Crippen molar-refractivity contribution >= 4 is 0 Å². The monoisotopic (exact) mass is 275 g/mol. The maximum Gasteiger partial charge on any atom is 0.138 e. The maximum absolute atomic E-state index is 13.4. The Bertz CT molecular complexity index is 495. The van der Waals surface area contributed by atoms with Gasteiger partial charge in [0.1, 0.15) is 11.6 Å². The molecular formula is C17H22FNO. The Morgan fingerprint density at radius 1 is 1.30 bits per heavy atom. The van der Waals surface area contributed by atoms with E-state index in [1.165, 1.54) is 31.4 Å². The van der Waals surface area contributed by atoms with Gasteiger partial charge in [-0.25, -0.2) is 4.39 Å². The Labute approximate surface area is 120 Å². The molecule has 0 aromatic heterocycles. The van der Waals surface area contributed by atoms with Crippen molar-refractivity contribution in [1.29, 1.82) is 0 Å². The zero-order chi connectivity index (χ0) is 14.4. The number of rotatable bonds is 3. The van der Waals surface area contributed by atoms with Crippen LogP contribution in [0.15, 0.2) is 18.2 Å². The fourth-order valence-corrected chi connectivity index (χ4v) is 2.68. The Balaban J connectivity index is 2.06. The fraction of sp³-hybridized carbons (Fsp3) is 0.529. The molecule has 1 aliphatic carbocycles. The number of benzene rings is 1. The van der Waals surface area contributed by atoms with Gasteiger partial charge in [0.05, 0.1) is 18.2 Å². The number of hydrogen-bond donors (Lipinski definition) is 1. The van der Waals surface area contributed by atoms with Crippen molar-refractivity contribution < 1.29 is 9.13 Å². The zero-order valence-corrected chi connectivity index (χ0v) is 12.0. The third kappa shape index (κ3) is 3.98. The van der Waals surface area contributed by atoms with Gasteiger partial charge in [-0.05, 0) is 43.7 Å². The smallest absolute Gasteiger partial charge is 0.138 e. The highest BCUT2D eigenvalue weighted by Gasteiger charge is 2.22. The van der Waals surface area contributed by atoms with Gasteiger partial charge in [0.2, 0.25) is 0 Å². The van der Waals surface area contributed by atoms with Gasteiger partial charge in [0, 0.05) is 6.07 Å². The van der Waals surface area contributed by atoms with E-state index in [2.05, 4.69) is 18.8 Å². The van der Waals surface area contributed by atoms with Crippen LogP contribution in [0.1, 0.15) is 44.6 Å². The Kier molecular flexibility index (Phi) is 5.43. The first kappa shape index (κ1) is 14.9. The molecule has 20 heavy (non-hydrogen) atoms. The molecule has 3 heteroatoms. The van der Waals surface area contributed by atoms with Crippen molar-refractivity contribution in [2.45, 2.75) is 45.1 Å². The van der Waals surface area contributed by atoms with Crippen LogP contribution in [0.2, 0.25) is 0 Å². The number of hydrogen-bond acceptors (Lipinski definition) is 2. The standard InChI is InChI=1S/C17H22FNO/c1-2-13-5-9-16(10-6-13)20-17-12-15(18)8-7-14(17)4-3-11-19/h7-8,12-13,16H,2,5-6,9-11,19H2,1H3. The predicted molar refractivity (Wildman–Crippen MR) is 79.0 cm³/mol. The van der Waals surface area contributed by atoms with E-state index in [4.69, 9.17) is 10.5 Å². The molecule has 0 unspecified atom stereocenters. The summed E-state index contributed by atoms with van der Waals surface area (Å²) < 4.78 is 19.4. The second-order valence-corrected chi connectivity index (χ2v) is 5.32. The lowest BCUT2D eigenvalue weighted by molar-refractivity contribution is 0.129. The van der Waals surface area contributed by atoms with Crippen LogP contribution in [0.5, 0.6) is 5.75 Å². The van der Waals surface area contributed by atoms with E-state index in [9.17, 15) is 4.39 Å². The number of halogens is 1. The summed E-state index contributed by atoms with van der Waals surface area (Å²) in [6.45, 7) is 2.53. The van der Waals surface area contributed by atoms with Crippen LogP contribution in [0, 0.1) is 23.6 Å². The topological polar surface area (TPSA) is 35.2 Å². The van der Waals surface area contributed by atoms with Gasteiger partial charge in [-0.15, -0.1) is 0 Å². The van der Waals surface area contributed by atoms with Crippen molar-refractivity contribution in [3.8, 4) is 17.6 Å². The molecule has 2 rings (SSSR count). The summed E-state index contributed by atoms with van der Waals surface area (Å²) in [4.78, 5) is 0. The lowest BCUT2D eigenvalue weighted by atomic mass is 9.86. The van der Waals surface area contributed by atoms with Crippen LogP contribution in [0.4, 0.5) is 4.39 Å². The molecule has 0 bridgehead atoms. The third-order valence-electron chi connectivity index (χ3n) is 3.93. The molecule has 2 nitrogen and oxygen atoms in total. The quantitative estimate of drug-likeness (QED) is 0.857. The first-order chi connectivity index (χ1) is 9.72. The zero-order valence-electron chi connectivity index (χ0n) is 12.0. The van der Waals surface area contributed by atoms with Gasteiger partial charge in [-0.3, -0.25) is 0 Å². The first-order valence-corrected chi connectivity index (χ1v) is 7.38. The van der Waals surface area contributed by atoms with Crippen molar-refractivity contribution in [2.24, 2.45) is 11.7 Å². The van der Waals surface area contributed by atoms with Gasteiger partial charge in [-0.2, -0.15) is 0 Å². The highest BCUT2D eigenvalue weighted by Crippen LogP contribution is 2.30. The van der Waals surface area contributed by atoms with Gasteiger partial charge in [-0.1, -0.05) is 25.2 Å². The van der Waals surface area contributed by atoms with E-state index >= 15 is 0 Å². The van der Waals surface area contributed by atoms with Crippen LogP contribution in [-0.2, 0) is 0 Å². The lowest BCUT2D eigenvalue weighted by Gasteiger charge is -2.28. The summed E-state index contributed by atoms with van der Waals surface area (Å²) in [6.07, 6.45) is 5.89. The van der Waals surface area contributed by atoms with E-state index in [0.717, 1.165) is 24.3 Å². The summed E-state index contributed by atoms with van der Waals surface area (Å²) in [7, 11) is 0. The van der Waals surface area contributed by atoms with Crippen molar-refractivity contribution in [3.05, 3.63) is 29.6 Å². The van der Waals surface area contributed by atoms with E-state index < -0.39 is 0 Å². The molecule has 108 valence electrons. The SMILES string of the molecule is CCC1CCC(Oc2cc(F)ccc2C#CCN)CC1. The van der Waals surface area contributed by atoms with E-state index in [1.807, 2.05) is 0 Å². The van der Waals surface area contributed by atoms with Crippen LogP contribution >= 0.6 is 0 Å². The molecule has 0 aliphatic heterocycles. The molecular weight excluding hydrogens is 253 g/mol. The van der Waals surface area contributed by atoms with Crippen molar-refractivity contribution in [2.75, 3.05) is 6.54 Å². The van der Waals surface area contributed by atoms with Gasteiger partial charge in [0.15, 0.2) is 0 Å². The molecule has 0 saturated heterocycles. The van der Waals surface area contributed by atoms with E-state index in [1.54, 1.807) is 6.07 Å². The lowest BCUT2D eigenvalue weighted by Crippen LogP contribution is -2.24. The number of nitrogens with two attached hydrogens (primary N) is 1. The van der Waals surface area contributed by atoms with Crippen LogP contribution < -0.4 is 10.5 Å². The average molecular weight is 275 g/mol. The second-order valence-electron chi connectivity index (χ2n) is 5.32. The molecule has 1 aromatic carbocycles. The van der Waals surface area contributed by atoms with Gasteiger partial charge in [0.25, 0.3) is 0 Å². The van der Waals surface area contributed by atoms with Crippen LogP contribution in [-0.4, -0.2) is 12.6 Å².